The van der Waals surface area contributed by atoms with Gasteiger partial charge in [0.05, 0.1) is 12.7 Å². The van der Waals surface area contributed by atoms with Crippen LogP contribution in [0.3, 0.4) is 0 Å². The van der Waals surface area contributed by atoms with Crippen molar-refractivity contribution in [1.82, 2.24) is 14.6 Å². The minimum absolute atomic E-state index is 0.340. The molecule has 0 fully saturated rings. The summed E-state index contributed by atoms with van der Waals surface area (Å²) in [4.78, 5) is 11.5. The number of unbranched alkanes of at least 4 members (excludes halogenated alkanes) is 3. The lowest BCUT2D eigenvalue weighted by Crippen LogP contribution is -2.04. The van der Waals surface area contributed by atoms with E-state index in [-0.39, 0.29) is 5.97 Å². The molecule has 0 N–H and O–H groups in total. The molecule has 0 spiro atoms. The van der Waals surface area contributed by atoms with Crippen LogP contribution in [0, 0.1) is 0 Å². The van der Waals surface area contributed by atoms with Gasteiger partial charge < -0.3 is 4.74 Å². The fraction of sp³-hybridized carbons (Fsp3) is 0.500. The number of esters is 1. The molecule has 19 heavy (non-hydrogen) atoms. The Bertz CT molecular complexity index is 563. The third-order valence-corrected chi connectivity index (χ3v) is 3.15. The SMILES string of the molecule is CCCCCCc1nnc2ccc(C(=O)OC)cn12. The zero-order valence-electron chi connectivity index (χ0n) is 11.4. The van der Waals surface area contributed by atoms with Crippen molar-refractivity contribution in [3.8, 4) is 0 Å². The average Bonchev–Trinajstić information content (AvgIpc) is 2.85. The lowest BCUT2D eigenvalue weighted by Gasteiger charge is -2.02. The van der Waals surface area contributed by atoms with Gasteiger partial charge in [-0.2, -0.15) is 0 Å². The maximum Gasteiger partial charge on any atom is 0.339 e. The number of fused-ring (bicyclic) bond motifs is 1. The van der Waals surface area contributed by atoms with Gasteiger partial charge in [0.15, 0.2) is 5.65 Å². The standard InChI is InChI=1S/C14H19N3O2/c1-3-4-5-6-7-12-15-16-13-9-8-11(10-17(12)13)14(18)19-2/h8-10H,3-7H2,1-2H3. The zero-order chi connectivity index (χ0) is 13.7. The molecular formula is C14H19N3O2. The molecule has 0 saturated carbocycles. The number of nitrogens with zero attached hydrogens (tertiary/aromatic N) is 3. The minimum atomic E-state index is -0.340. The van der Waals surface area contributed by atoms with E-state index in [0.29, 0.717) is 5.56 Å². The predicted octanol–water partition coefficient (Wildman–Crippen LogP) is 2.64. The fourth-order valence-corrected chi connectivity index (χ4v) is 2.06. The first-order valence-electron chi connectivity index (χ1n) is 6.68. The molecule has 5 nitrogen and oxygen atoms in total. The summed E-state index contributed by atoms with van der Waals surface area (Å²) < 4.78 is 6.59. The summed E-state index contributed by atoms with van der Waals surface area (Å²) in [7, 11) is 1.38. The first-order valence-corrected chi connectivity index (χ1v) is 6.68. The van der Waals surface area contributed by atoms with Crippen molar-refractivity contribution in [3.05, 3.63) is 29.7 Å². The van der Waals surface area contributed by atoms with Crippen LogP contribution in [-0.4, -0.2) is 27.7 Å². The van der Waals surface area contributed by atoms with Crippen LogP contribution in [0.1, 0.15) is 48.8 Å². The third-order valence-electron chi connectivity index (χ3n) is 3.15. The molecule has 0 aliphatic rings. The van der Waals surface area contributed by atoms with Crippen molar-refractivity contribution in [2.24, 2.45) is 0 Å². The van der Waals surface area contributed by atoms with Gasteiger partial charge in [0.2, 0.25) is 0 Å². The Balaban J connectivity index is 2.17. The highest BCUT2D eigenvalue weighted by molar-refractivity contribution is 5.89. The molecule has 2 rings (SSSR count). The molecule has 0 unspecified atom stereocenters. The third kappa shape index (κ3) is 3.10. The van der Waals surface area contributed by atoms with Gasteiger partial charge in [-0.15, -0.1) is 10.2 Å². The molecule has 2 aromatic rings. The molecule has 0 atom stereocenters. The predicted molar refractivity (Wildman–Crippen MR) is 72.2 cm³/mol. The van der Waals surface area contributed by atoms with Gasteiger partial charge in [-0.05, 0) is 18.6 Å². The number of aryl methyl sites for hydroxylation is 1. The normalized spacial score (nSPS) is 10.8. The highest BCUT2D eigenvalue weighted by Crippen LogP contribution is 2.11. The quantitative estimate of drug-likeness (QED) is 0.592. The Morgan fingerprint density at radius 2 is 2.11 bits per heavy atom. The molecule has 5 heteroatoms. The molecule has 0 aliphatic heterocycles. The molecular weight excluding hydrogens is 242 g/mol. The number of methoxy groups -OCH3 is 1. The number of aromatic nitrogens is 3. The summed E-state index contributed by atoms with van der Waals surface area (Å²) in [5.74, 6) is 0.560. The van der Waals surface area contributed by atoms with E-state index in [0.717, 1.165) is 24.3 Å². The van der Waals surface area contributed by atoms with E-state index < -0.39 is 0 Å². The van der Waals surface area contributed by atoms with E-state index in [2.05, 4.69) is 17.1 Å². The topological polar surface area (TPSA) is 56.5 Å². The fourth-order valence-electron chi connectivity index (χ4n) is 2.06. The number of hydrogen-bond acceptors (Lipinski definition) is 4. The van der Waals surface area contributed by atoms with Gasteiger partial charge in [0.1, 0.15) is 5.82 Å². The Hall–Kier alpha value is -1.91. The van der Waals surface area contributed by atoms with E-state index in [1.165, 1.54) is 26.4 Å². The van der Waals surface area contributed by atoms with Crippen molar-refractivity contribution >= 4 is 11.6 Å². The van der Waals surface area contributed by atoms with Gasteiger partial charge in [-0.25, -0.2) is 4.79 Å². The van der Waals surface area contributed by atoms with Crippen LogP contribution in [0.5, 0.6) is 0 Å². The van der Waals surface area contributed by atoms with Gasteiger partial charge in [0, 0.05) is 12.6 Å². The van der Waals surface area contributed by atoms with Gasteiger partial charge in [0.25, 0.3) is 0 Å². The Labute approximate surface area is 112 Å². The molecule has 102 valence electrons. The van der Waals surface area contributed by atoms with Crippen LogP contribution in [-0.2, 0) is 11.2 Å². The number of ether oxygens (including phenoxy) is 1. The minimum Gasteiger partial charge on any atom is -0.465 e. The summed E-state index contributed by atoms with van der Waals surface area (Å²) in [6.45, 7) is 2.19. The molecule has 2 aromatic heterocycles. The van der Waals surface area contributed by atoms with Gasteiger partial charge in [-0.3, -0.25) is 4.40 Å². The van der Waals surface area contributed by atoms with Crippen molar-refractivity contribution in [3.63, 3.8) is 0 Å². The molecule has 0 radical (unpaired) electrons. The molecule has 0 amide bonds. The van der Waals surface area contributed by atoms with Gasteiger partial charge >= 0.3 is 5.97 Å². The molecule has 2 heterocycles. The van der Waals surface area contributed by atoms with E-state index in [1.807, 2.05) is 4.40 Å². The average molecular weight is 261 g/mol. The van der Waals surface area contributed by atoms with Crippen LogP contribution in [0.15, 0.2) is 18.3 Å². The summed E-state index contributed by atoms with van der Waals surface area (Å²) in [5.41, 5.74) is 1.28. The van der Waals surface area contributed by atoms with Crippen molar-refractivity contribution in [2.45, 2.75) is 39.0 Å². The number of carbonyl (C=O) groups excluding carboxylic acids is 1. The first-order chi connectivity index (χ1) is 9.26. The van der Waals surface area contributed by atoms with Crippen LogP contribution < -0.4 is 0 Å². The van der Waals surface area contributed by atoms with E-state index in [9.17, 15) is 4.79 Å². The number of hydrogen-bond donors (Lipinski definition) is 0. The molecule has 0 saturated heterocycles. The summed E-state index contributed by atoms with van der Waals surface area (Å²) in [6.07, 6.45) is 7.37. The second-order valence-corrected chi connectivity index (χ2v) is 4.56. The molecule has 0 aromatic carbocycles. The molecule has 0 bridgehead atoms. The highest BCUT2D eigenvalue weighted by Gasteiger charge is 2.10. The monoisotopic (exact) mass is 261 g/mol. The summed E-state index contributed by atoms with van der Waals surface area (Å²) in [6, 6.07) is 3.49. The smallest absolute Gasteiger partial charge is 0.339 e. The lowest BCUT2D eigenvalue weighted by molar-refractivity contribution is 0.0600. The van der Waals surface area contributed by atoms with E-state index in [1.54, 1.807) is 18.3 Å². The number of pyridine rings is 1. The molecule has 0 aliphatic carbocycles. The summed E-state index contributed by atoms with van der Waals surface area (Å²) in [5, 5.41) is 8.28. The Kier molecular flexibility index (Phi) is 4.49. The summed E-state index contributed by atoms with van der Waals surface area (Å²) >= 11 is 0. The zero-order valence-corrected chi connectivity index (χ0v) is 11.4. The van der Waals surface area contributed by atoms with Crippen LogP contribution in [0.25, 0.3) is 5.65 Å². The van der Waals surface area contributed by atoms with Crippen LogP contribution in [0.4, 0.5) is 0 Å². The van der Waals surface area contributed by atoms with E-state index in [4.69, 9.17) is 4.74 Å². The highest BCUT2D eigenvalue weighted by atomic mass is 16.5. The van der Waals surface area contributed by atoms with Crippen molar-refractivity contribution < 1.29 is 9.53 Å². The Morgan fingerprint density at radius 3 is 2.84 bits per heavy atom. The second-order valence-electron chi connectivity index (χ2n) is 4.56. The van der Waals surface area contributed by atoms with Crippen LogP contribution >= 0.6 is 0 Å². The number of rotatable bonds is 6. The lowest BCUT2D eigenvalue weighted by atomic mass is 10.1. The van der Waals surface area contributed by atoms with Gasteiger partial charge in [-0.1, -0.05) is 26.2 Å². The second kappa shape index (κ2) is 6.31. The van der Waals surface area contributed by atoms with Crippen molar-refractivity contribution in [2.75, 3.05) is 7.11 Å². The maximum atomic E-state index is 11.5. The van der Waals surface area contributed by atoms with Crippen molar-refractivity contribution in [1.29, 1.82) is 0 Å². The van der Waals surface area contributed by atoms with Crippen LogP contribution in [0.2, 0.25) is 0 Å². The van der Waals surface area contributed by atoms with E-state index >= 15 is 0 Å². The first kappa shape index (κ1) is 13.5. The Morgan fingerprint density at radius 1 is 1.26 bits per heavy atom. The maximum absolute atomic E-state index is 11.5. The number of carbonyl (C=O) groups is 1. The largest absolute Gasteiger partial charge is 0.465 e.